The van der Waals surface area contributed by atoms with E-state index in [4.69, 9.17) is 11.6 Å². The third-order valence-corrected chi connectivity index (χ3v) is 1.18. The molecule has 0 saturated carbocycles. The quantitative estimate of drug-likeness (QED) is 0.557. The Morgan fingerprint density at radius 2 is 1.89 bits per heavy atom. The Labute approximate surface area is 76.9 Å². The lowest BCUT2D eigenvalue weighted by molar-refractivity contribution is 0.375. The van der Waals surface area contributed by atoms with Crippen LogP contribution in [0.3, 0.4) is 0 Å². The molecule has 0 radical (unpaired) electrons. The highest BCUT2D eigenvalue weighted by atomic mass is 127. The molecule has 0 rings (SSSR count). The number of halogens is 2. The smallest absolute Gasteiger partial charge is 0.0351 e. The number of hydrogen-bond donors (Lipinski definition) is 0. The lowest BCUT2D eigenvalue weighted by Gasteiger charge is -2.09. The van der Waals surface area contributed by atoms with E-state index in [1.807, 2.05) is 4.93 Å². The normalized spacial score (nSPS) is 8.67. The number of rotatable bonds is 3. The Balaban J connectivity index is 0. The van der Waals surface area contributed by atoms with Gasteiger partial charge in [-0.15, -0.1) is 11.6 Å². The van der Waals surface area contributed by atoms with Crippen molar-refractivity contribution in [1.82, 2.24) is 4.90 Å². The molecule has 0 aliphatic rings. The highest BCUT2D eigenvalue weighted by Gasteiger charge is 1.87. The molecule has 0 bridgehead atoms. The first kappa shape index (κ1) is 12.6. The molecule has 0 aromatic rings. The summed E-state index contributed by atoms with van der Waals surface area (Å²) in [6.45, 7) is 4.21. The second-order valence-corrected chi connectivity index (χ2v) is 1.96. The van der Waals surface area contributed by atoms with E-state index in [1.54, 1.807) is 0 Å². The molecular weight excluding hydrogens is 248 g/mol. The molecule has 0 aliphatic carbocycles. The molecule has 0 N–H and O–H groups in total. The fraction of sp³-hybridized carbons (Fsp3) is 1.00. The minimum atomic E-state index is 0.740. The molecule has 0 atom stereocenters. The Bertz CT molecular complexity index is 44.0. The molecule has 3 heteroatoms. The van der Waals surface area contributed by atoms with Gasteiger partial charge in [0.1, 0.15) is 0 Å². The predicted octanol–water partition coefficient (Wildman–Crippen LogP) is 2.23. The fourth-order valence-electron chi connectivity index (χ4n) is 0.302. The maximum Gasteiger partial charge on any atom is 0.0351 e. The highest BCUT2D eigenvalue weighted by Crippen LogP contribution is 1.81. The van der Waals surface area contributed by atoms with Crippen LogP contribution in [0.15, 0.2) is 0 Å². The molecule has 0 saturated heterocycles. The van der Waals surface area contributed by atoms with Gasteiger partial charge < -0.3 is 4.90 Å². The average molecular weight is 264 g/mol. The molecule has 0 amide bonds. The maximum atomic E-state index is 5.43. The number of hydrogen-bond acceptors (Lipinski definition) is 1. The van der Waals surface area contributed by atoms with E-state index in [0.29, 0.717) is 0 Å². The van der Waals surface area contributed by atoms with Crippen LogP contribution in [0, 0.1) is 0 Å². The molecular formula is C6H15ClIN. The SMILES string of the molecule is CCN(C)CCCl.CI. The molecule has 9 heavy (non-hydrogen) atoms. The van der Waals surface area contributed by atoms with Crippen LogP contribution in [-0.2, 0) is 0 Å². The van der Waals surface area contributed by atoms with Crippen LogP contribution < -0.4 is 0 Å². The van der Waals surface area contributed by atoms with Crippen molar-refractivity contribution in [2.24, 2.45) is 0 Å². The zero-order valence-electron chi connectivity index (χ0n) is 6.32. The molecule has 0 heterocycles. The third kappa shape index (κ3) is 12.2. The van der Waals surface area contributed by atoms with E-state index in [-0.39, 0.29) is 0 Å². The number of alkyl halides is 2. The maximum absolute atomic E-state index is 5.43. The topological polar surface area (TPSA) is 3.24 Å². The average Bonchev–Trinajstić information content (AvgIpc) is 1.93. The summed E-state index contributed by atoms with van der Waals surface area (Å²) in [6, 6.07) is 0. The zero-order chi connectivity index (χ0) is 7.70. The molecule has 0 fully saturated rings. The van der Waals surface area contributed by atoms with Crippen molar-refractivity contribution in [3.8, 4) is 0 Å². The summed E-state index contributed by atoms with van der Waals surface area (Å²) in [7, 11) is 2.06. The molecule has 58 valence electrons. The monoisotopic (exact) mass is 263 g/mol. The predicted molar refractivity (Wildman–Crippen MR) is 53.8 cm³/mol. The standard InChI is InChI=1S/C5H12ClN.CH3I/c1-3-7(2)5-4-6;1-2/h3-5H2,1-2H3;1H3. The summed E-state index contributed by atoms with van der Waals surface area (Å²) in [5.74, 6) is 0.740. The van der Waals surface area contributed by atoms with Gasteiger partial charge in [-0.3, -0.25) is 0 Å². The van der Waals surface area contributed by atoms with Crippen molar-refractivity contribution < 1.29 is 0 Å². The van der Waals surface area contributed by atoms with Crippen LogP contribution in [-0.4, -0.2) is 35.8 Å². The minimum Gasteiger partial charge on any atom is -0.305 e. The summed E-state index contributed by atoms with van der Waals surface area (Å²) >= 11 is 7.58. The van der Waals surface area contributed by atoms with Gasteiger partial charge in [-0.05, 0) is 18.5 Å². The van der Waals surface area contributed by atoms with Gasteiger partial charge in [0.15, 0.2) is 0 Å². The van der Waals surface area contributed by atoms with E-state index in [9.17, 15) is 0 Å². The Hall–Kier alpha value is 0.980. The van der Waals surface area contributed by atoms with E-state index < -0.39 is 0 Å². The molecule has 0 aromatic heterocycles. The highest BCUT2D eigenvalue weighted by molar-refractivity contribution is 14.1. The molecule has 0 spiro atoms. The van der Waals surface area contributed by atoms with Crippen molar-refractivity contribution in [3.05, 3.63) is 0 Å². The molecule has 0 aromatic carbocycles. The molecule has 0 unspecified atom stereocenters. The summed E-state index contributed by atoms with van der Waals surface area (Å²) in [4.78, 5) is 4.14. The van der Waals surface area contributed by atoms with Crippen molar-refractivity contribution in [3.63, 3.8) is 0 Å². The zero-order valence-corrected chi connectivity index (χ0v) is 9.24. The Kier molecular flexibility index (Phi) is 16.5. The van der Waals surface area contributed by atoms with Crippen LogP contribution >= 0.6 is 34.2 Å². The first-order chi connectivity index (χ1) is 4.31. The molecule has 1 nitrogen and oxygen atoms in total. The first-order valence-corrected chi connectivity index (χ1v) is 5.62. The summed E-state index contributed by atoms with van der Waals surface area (Å²) < 4.78 is 0. The van der Waals surface area contributed by atoms with Crippen LogP contribution in [0.2, 0.25) is 0 Å². The van der Waals surface area contributed by atoms with Crippen molar-refractivity contribution in [2.45, 2.75) is 6.92 Å². The summed E-state index contributed by atoms with van der Waals surface area (Å²) in [6.07, 6.45) is 0. The van der Waals surface area contributed by atoms with E-state index in [0.717, 1.165) is 19.0 Å². The summed E-state index contributed by atoms with van der Waals surface area (Å²) in [5, 5.41) is 0. The van der Waals surface area contributed by atoms with Crippen LogP contribution in [0.5, 0.6) is 0 Å². The van der Waals surface area contributed by atoms with Gasteiger partial charge in [0.2, 0.25) is 0 Å². The Morgan fingerprint density at radius 1 is 1.44 bits per heavy atom. The van der Waals surface area contributed by atoms with Crippen LogP contribution in [0.25, 0.3) is 0 Å². The number of nitrogens with zero attached hydrogens (tertiary/aromatic N) is 1. The minimum absolute atomic E-state index is 0.740. The van der Waals surface area contributed by atoms with Gasteiger partial charge in [-0.1, -0.05) is 29.5 Å². The fourth-order valence-corrected chi connectivity index (χ4v) is 0.591. The lowest BCUT2D eigenvalue weighted by atomic mass is 10.6. The van der Waals surface area contributed by atoms with E-state index in [2.05, 4.69) is 41.5 Å². The van der Waals surface area contributed by atoms with Crippen molar-refractivity contribution in [2.75, 3.05) is 30.9 Å². The summed E-state index contributed by atoms with van der Waals surface area (Å²) in [5.41, 5.74) is 0. The van der Waals surface area contributed by atoms with Crippen molar-refractivity contribution in [1.29, 1.82) is 0 Å². The third-order valence-electron chi connectivity index (χ3n) is 1.01. The van der Waals surface area contributed by atoms with E-state index in [1.165, 1.54) is 0 Å². The van der Waals surface area contributed by atoms with Crippen LogP contribution in [0.1, 0.15) is 6.92 Å². The van der Waals surface area contributed by atoms with Gasteiger partial charge >= 0.3 is 0 Å². The largest absolute Gasteiger partial charge is 0.305 e. The van der Waals surface area contributed by atoms with Crippen molar-refractivity contribution >= 4 is 34.2 Å². The van der Waals surface area contributed by atoms with Gasteiger partial charge in [0, 0.05) is 12.4 Å². The van der Waals surface area contributed by atoms with Gasteiger partial charge in [-0.25, -0.2) is 0 Å². The first-order valence-electron chi connectivity index (χ1n) is 2.93. The van der Waals surface area contributed by atoms with Gasteiger partial charge in [0.25, 0.3) is 0 Å². The van der Waals surface area contributed by atoms with Crippen LogP contribution in [0.4, 0.5) is 0 Å². The van der Waals surface area contributed by atoms with E-state index >= 15 is 0 Å². The van der Waals surface area contributed by atoms with Gasteiger partial charge in [0.05, 0.1) is 0 Å². The second-order valence-electron chi connectivity index (χ2n) is 1.58. The van der Waals surface area contributed by atoms with Gasteiger partial charge in [-0.2, -0.15) is 0 Å². The second kappa shape index (κ2) is 11.7. The lowest BCUT2D eigenvalue weighted by Crippen LogP contribution is -2.19. The molecule has 0 aliphatic heterocycles. The Morgan fingerprint density at radius 3 is 2.00 bits per heavy atom.